The van der Waals surface area contributed by atoms with Crippen molar-refractivity contribution in [3.63, 3.8) is 0 Å². The number of hydrogen-bond donors (Lipinski definition) is 2. The highest BCUT2D eigenvalue weighted by Crippen LogP contribution is 2.42. The lowest BCUT2D eigenvalue weighted by molar-refractivity contribution is -0.132. The number of anilines is 1. The molecule has 1 fully saturated rings. The molecule has 3 aromatic carbocycles. The zero-order chi connectivity index (χ0) is 23.1. The molecule has 0 radical (unpaired) electrons. The highest BCUT2D eigenvalue weighted by atomic mass is 19.1. The van der Waals surface area contributed by atoms with Crippen LogP contribution in [-0.2, 0) is 22.4 Å². The van der Waals surface area contributed by atoms with Crippen molar-refractivity contribution < 1.29 is 24.2 Å². The fourth-order valence-electron chi connectivity index (χ4n) is 4.73. The van der Waals surface area contributed by atoms with E-state index in [0.29, 0.717) is 11.1 Å². The standard InChI is InChI=1S/C27H22FNO4/c28-20-6-3-7-21(15-20)29-24(17-10-12-22(30)13-11-17)23(26(32)27(29)33)25(31)19-9-8-16-4-1-2-5-18(16)14-19/h3,6-15,24,30-31H,1-2,4-5H2/b25-23-. The maximum Gasteiger partial charge on any atom is 0.300 e. The fourth-order valence-corrected chi connectivity index (χ4v) is 4.73. The van der Waals surface area contributed by atoms with Gasteiger partial charge in [0.1, 0.15) is 17.3 Å². The van der Waals surface area contributed by atoms with Gasteiger partial charge in [0.25, 0.3) is 11.7 Å². The smallest absolute Gasteiger partial charge is 0.300 e. The number of halogens is 1. The Kier molecular flexibility index (Phi) is 5.21. The summed E-state index contributed by atoms with van der Waals surface area (Å²) in [5, 5.41) is 21.0. The van der Waals surface area contributed by atoms with Crippen LogP contribution in [-0.4, -0.2) is 21.9 Å². The van der Waals surface area contributed by atoms with E-state index < -0.39 is 23.5 Å². The van der Waals surface area contributed by atoms with Crippen molar-refractivity contribution in [2.75, 3.05) is 4.90 Å². The fraction of sp³-hybridized carbons (Fsp3) is 0.185. The van der Waals surface area contributed by atoms with Crippen molar-refractivity contribution >= 4 is 23.1 Å². The van der Waals surface area contributed by atoms with Gasteiger partial charge in [-0.1, -0.05) is 30.3 Å². The van der Waals surface area contributed by atoms with E-state index in [0.717, 1.165) is 31.2 Å². The molecule has 1 aliphatic heterocycles. The number of amides is 1. The van der Waals surface area contributed by atoms with Crippen LogP contribution in [0.5, 0.6) is 5.75 Å². The molecule has 2 aliphatic rings. The average Bonchev–Trinajstić information content (AvgIpc) is 3.09. The topological polar surface area (TPSA) is 77.8 Å². The van der Waals surface area contributed by atoms with Crippen LogP contribution in [0.2, 0.25) is 0 Å². The van der Waals surface area contributed by atoms with Gasteiger partial charge in [-0.05, 0) is 78.8 Å². The Morgan fingerprint density at radius 1 is 0.909 bits per heavy atom. The van der Waals surface area contributed by atoms with Crippen molar-refractivity contribution in [1.82, 2.24) is 0 Å². The number of Topliss-reactive ketones (excluding diaryl/α,β-unsaturated/α-hetero) is 1. The van der Waals surface area contributed by atoms with Gasteiger partial charge in [-0.25, -0.2) is 4.39 Å². The number of aromatic hydroxyl groups is 1. The predicted octanol–water partition coefficient (Wildman–Crippen LogP) is 5.04. The third kappa shape index (κ3) is 3.67. The number of hydrogen-bond acceptors (Lipinski definition) is 4. The Hall–Kier alpha value is -3.93. The number of aliphatic hydroxyl groups excluding tert-OH is 1. The van der Waals surface area contributed by atoms with Crippen LogP contribution in [0.25, 0.3) is 5.76 Å². The molecule has 3 aromatic rings. The van der Waals surface area contributed by atoms with Gasteiger partial charge < -0.3 is 10.2 Å². The van der Waals surface area contributed by atoms with Crippen LogP contribution < -0.4 is 4.90 Å². The first kappa shape index (κ1) is 20.9. The lowest BCUT2D eigenvalue weighted by Gasteiger charge is -2.25. The van der Waals surface area contributed by atoms with Gasteiger partial charge in [-0.2, -0.15) is 0 Å². The van der Waals surface area contributed by atoms with Crippen LogP contribution in [0.15, 0.2) is 72.3 Å². The number of fused-ring (bicyclic) bond motifs is 1. The number of aryl methyl sites for hydroxylation is 2. The Labute approximate surface area is 190 Å². The van der Waals surface area contributed by atoms with E-state index >= 15 is 0 Å². The predicted molar refractivity (Wildman–Crippen MR) is 122 cm³/mol. The molecule has 1 heterocycles. The third-order valence-corrected chi connectivity index (χ3v) is 6.36. The zero-order valence-corrected chi connectivity index (χ0v) is 17.8. The van der Waals surface area contributed by atoms with Gasteiger partial charge in [0.2, 0.25) is 0 Å². The molecule has 6 heteroatoms. The second kappa shape index (κ2) is 8.20. The Morgan fingerprint density at radius 3 is 2.36 bits per heavy atom. The van der Waals surface area contributed by atoms with E-state index in [1.165, 1.54) is 40.8 Å². The van der Waals surface area contributed by atoms with Crippen molar-refractivity contribution in [3.05, 3.63) is 100 Å². The summed E-state index contributed by atoms with van der Waals surface area (Å²) in [6.45, 7) is 0. The summed E-state index contributed by atoms with van der Waals surface area (Å²) < 4.78 is 14.0. The molecule has 1 unspecified atom stereocenters. The van der Waals surface area contributed by atoms with E-state index in [1.54, 1.807) is 24.3 Å². The molecule has 1 saturated heterocycles. The minimum absolute atomic E-state index is 0.0242. The molecular formula is C27H22FNO4. The van der Waals surface area contributed by atoms with E-state index in [1.807, 2.05) is 12.1 Å². The van der Waals surface area contributed by atoms with Gasteiger partial charge in [0, 0.05) is 11.3 Å². The van der Waals surface area contributed by atoms with E-state index in [9.17, 15) is 24.2 Å². The molecule has 5 rings (SSSR count). The molecule has 1 amide bonds. The number of phenolic OH excluding ortho intramolecular Hbond substituents is 1. The Balaban J connectivity index is 1.69. The summed E-state index contributed by atoms with van der Waals surface area (Å²) in [4.78, 5) is 27.5. The van der Waals surface area contributed by atoms with Crippen molar-refractivity contribution in [3.8, 4) is 5.75 Å². The minimum atomic E-state index is -0.969. The largest absolute Gasteiger partial charge is 0.508 e. The van der Waals surface area contributed by atoms with Gasteiger partial charge in [0.05, 0.1) is 11.6 Å². The molecular weight excluding hydrogens is 421 g/mol. The van der Waals surface area contributed by atoms with E-state index in [-0.39, 0.29) is 22.8 Å². The molecule has 0 bridgehead atoms. The summed E-state index contributed by atoms with van der Waals surface area (Å²) >= 11 is 0. The van der Waals surface area contributed by atoms with Gasteiger partial charge >= 0.3 is 0 Å². The Morgan fingerprint density at radius 2 is 1.64 bits per heavy atom. The van der Waals surface area contributed by atoms with Crippen molar-refractivity contribution in [2.24, 2.45) is 0 Å². The minimum Gasteiger partial charge on any atom is -0.508 e. The zero-order valence-electron chi connectivity index (χ0n) is 17.8. The van der Waals surface area contributed by atoms with Crippen molar-refractivity contribution in [2.45, 2.75) is 31.7 Å². The number of ketones is 1. The number of carbonyl (C=O) groups excluding carboxylic acids is 2. The summed E-state index contributed by atoms with van der Waals surface area (Å²) in [5.74, 6) is -2.48. The lowest BCUT2D eigenvalue weighted by Crippen LogP contribution is -2.29. The molecule has 1 aliphatic carbocycles. The second-order valence-electron chi connectivity index (χ2n) is 8.43. The van der Waals surface area contributed by atoms with Gasteiger partial charge in [0.15, 0.2) is 0 Å². The SMILES string of the molecule is O=C1C(=O)N(c2cccc(F)c2)C(c2ccc(O)cc2)/C1=C(/O)c1ccc2c(c1)CCCC2. The number of nitrogens with zero attached hydrogens (tertiary/aromatic N) is 1. The average molecular weight is 443 g/mol. The maximum absolute atomic E-state index is 14.0. The highest BCUT2D eigenvalue weighted by molar-refractivity contribution is 6.51. The maximum atomic E-state index is 14.0. The van der Waals surface area contributed by atoms with Gasteiger partial charge in [-0.15, -0.1) is 0 Å². The van der Waals surface area contributed by atoms with Crippen LogP contribution in [0.3, 0.4) is 0 Å². The molecule has 5 nitrogen and oxygen atoms in total. The Bertz CT molecular complexity index is 1300. The number of aliphatic hydroxyl groups is 1. The third-order valence-electron chi connectivity index (χ3n) is 6.36. The first-order chi connectivity index (χ1) is 15.9. The number of phenols is 1. The quantitative estimate of drug-likeness (QED) is 0.338. The lowest BCUT2D eigenvalue weighted by atomic mass is 9.88. The van der Waals surface area contributed by atoms with Crippen molar-refractivity contribution in [1.29, 1.82) is 0 Å². The molecule has 166 valence electrons. The normalized spacial score (nSPS) is 19.5. The highest BCUT2D eigenvalue weighted by Gasteiger charge is 2.47. The van der Waals surface area contributed by atoms with Crippen LogP contribution in [0.4, 0.5) is 10.1 Å². The summed E-state index contributed by atoms with van der Waals surface area (Å²) in [7, 11) is 0. The number of benzene rings is 3. The monoisotopic (exact) mass is 443 g/mol. The molecule has 1 atom stereocenters. The first-order valence-electron chi connectivity index (χ1n) is 10.9. The molecule has 2 N–H and O–H groups in total. The molecule has 0 spiro atoms. The molecule has 0 aromatic heterocycles. The number of rotatable bonds is 3. The summed E-state index contributed by atoms with van der Waals surface area (Å²) in [6.07, 6.45) is 4.07. The van der Waals surface area contributed by atoms with E-state index in [4.69, 9.17) is 0 Å². The summed E-state index contributed by atoms with van der Waals surface area (Å²) in [6, 6.07) is 16.1. The van der Waals surface area contributed by atoms with E-state index in [2.05, 4.69) is 0 Å². The van der Waals surface area contributed by atoms with Crippen LogP contribution >= 0.6 is 0 Å². The number of carbonyl (C=O) groups is 2. The van der Waals surface area contributed by atoms with Gasteiger partial charge in [-0.3, -0.25) is 14.5 Å². The second-order valence-corrected chi connectivity index (χ2v) is 8.43. The summed E-state index contributed by atoms with van der Waals surface area (Å²) in [5.41, 5.74) is 3.48. The molecule has 0 saturated carbocycles. The van der Waals surface area contributed by atoms with Crippen LogP contribution in [0, 0.1) is 5.82 Å². The molecule has 33 heavy (non-hydrogen) atoms. The van der Waals surface area contributed by atoms with Crippen LogP contribution in [0.1, 0.15) is 41.1 Å². The first-order valence-corrected chi connectivity index (χ1v) is 10.9.